The zero-order chi connectivity index (χ0) is 12.0. The van der Waals surface area contributed by atoms with Crippen LogP contribution in [0.3, 0.4) is 0 Å². The lowest BCUT2D eigenvalue weighted by Crippen LogP contribution is -2.14. The lowest BCUT2D eigenvalue weighted by atomic mass is 10.1. The molecule has 0 heterocycles. The first-order valence-electron chi connectivity index (χ1n) is 5.44. The highest BCUT2D eigenvalue weighted by atomic mass is 32.2. The summed E-state index contributed by atoms with van der Waals surface area (Å²) in [6, 6.07) is 8.18. The van der Waals surface area contributed by atoms with Gasteiger partial charge in [0.15, 0.2) is 0 Å². The monoisotopic (exact) mass is 237 g/mol. The van der Waals surface area contributed by atoms with Crippen molar-refractivity contribution in [2.24, 2.45) is 0 Å². The van der Waals surface area contributed by atoms with Gasteiger partial charge in [0.2, 0.25) is 0 Å². The largest absolute Gasteiger partial charge is 0.383 e. The lowest BCUT2D eigenvalue weighted by molar-refractivity contribution is 0.687. The first-order chi connectivity index (χ1) is 7.63. The molecule has 2 unspecified atom stereocenters. The number of anilines is 1. The minimum atomic E-state index is -0.896. The number of hydrogen-bond acceptors (Lipinski definition) is 2. The molecule has 0 radical (unpaired) electrons. The van der Waals surface area contributed by atoms with E-state index in [9.17, 15) is 4.21 Å². The summed E-state index contributed by atoms with van der Waals surface area (Å²) in [7, 11) is -0.896. The van der Waals surface area contributed by atoms with E-state index in [0.717, 1.165) is 23.4 Å². The third-order valence-electron chi connectivity index (χ3n) is 2.40. The molecule has 1 N–H and O–H groups in total. The van der Waals surface area contributed by atoms with Crippen molar-refractivity contribution >= 4 is 16.5 Å². The molecule has 1 aromatic carbocycles. The molecule has 1 aromatic rings. The summed E-state index contributed by atoms with van der Waals surface area (Å²) in [6.07, 6.45) is 5.72. The topological polar surface area (TPSA) is 29.1 Å². The molecule has 0 amide bonds. The number of benzene rings is 1. The van der Waals surface area contributed by atoms with Crippen LogP contribution in [0.5, 0.6) is 0 Å². The quantitative estimate of drug-likeness (QED) is 0.770. The molecule has 1 rings (SSSR count). The van der Waals surface area contributed by atoms with Crippen LogP contribution in [-0.2, 0) is 10.8 Å². The number of hydrogen-bond donors (Lipinski definition) is 1. The average molecular weight is 237 g/mol. The SMILES string of the molecule is C=CCCC(C)Nc1ccc(S(C)=O)cc1. The van der Waals surface area contributed by atoms with Gasteiger partial charge in [0.05, 0.1) is 0 Å². The third-order valence-corrected chi connectivity index (χ3v) is 3.34. The first-order valence-corrected chi connectivity index (χ1v) is 7.00. The predicted molar refractivity (Wildman–Crippen MR) is 71.3 cm³/mol. The average Bonchev–Trinajstić information content (AvgIpc) is 2.27. The van der Waals surface area contributed by atoms with Gasteiger partial charge in [-0.1, -0.05) is 6.08 Å². The van der Waals surface area contributed by atoms with E-state index in [0.29, 0.717) is 6.04 Å². The Hall–Kier alpha value is -1.09. The Bertz CT molecular complexity index is 359. The highest BCUT2D eigenvalue weighted by molar-refractivity contribution is 7.84. The van der Waals surface area contributed by atoms with Crippen molar-refractivity contribution in [2.45, 2.75) is 30.7 Å². The fraction of sp³-hybridized carbons (Fsp3) is 0.385. The Morgan fingerprint density at radius 2 is 2.06 bits per heavy atom. The number of nitrogens with one attached hydrogen (secondary N) is 1. The second-order valence-electron chi connectivity index (χ2n) is 3.89. The second kappa shape index (κ2) is 6.48. The van der Waals surface area contributed by atoms with E-state index in [1.807, 2.05) is 30.3 Å². The van der Waals surface area contributed by atoms with Crippen molar-refractivity contribution in [3.8, 4) is 0 Å². The van der Waals surface area contributed by atoms with Gasteiger partial charge in [-0.3, -0.25) is 4.21 Å². The fourth-order valence-corrected chi connectivity index (χ4v) is 1.99. The van der Waals surface area contributed by atoms with Crippen LogP contribution in [-0.4, -0.2) is 16.5 Å². The number of allylic oxidation sites excluding steroid dienone is 1. The maximum atomic E-state index is 11.2. The zero-order valence-corrected chi connectivity index (χ0v) is 10.7. The van der Waals surface area contributed by atoms with Crippen LogP contribution in [0.4, 0.5) is 5.69 Å². The smallest absolute Gasteiger partial charge is 0.0498 e. The zero-order valence-electron chi connectivity index (χ0n) is 9.90. The predicted octanol–water partition coefficient (Wildman–Crippen LogP) is 3.19. The molecule has 0 aliphatic carbocycles. The molecule has 0 bridgehead atoms. The minimum Gasteiger partial charge on any atom is -0.383 e. The normalized spacial score (nSPS) is 14.1. The summed E-state index contributed by atoms with van der Waals surface area (Å²) in [5.74, 6) is 0. The van der Waals surface area contributed by atoms with Gasteiger partial charge < -0.3 is 5.32 Å². The van der Waals surface area contributed by atoms with Crippen LogP contribution < -0.4 is 5.32 Å². The Morgan fingerprint density at radius 1 is 1.44 bits per heavy atom. The highest BCUT2D eigenvalue weighted by Gasteiger charge is 2.01. The fourth-order valence-electron chi connectivity index (χ4n) is 1.47. The molecule has 2 nitrogen and oxygen atoms in total. The molecule has 2 atom stereocenters. The summed E-state index contributed by atoms with van der Waals surface area (Å²) in [5.41, 5.74) is 1.07. The second-order valence-corrected chi connectivity index (χ2v) is 5.27. The van der Waals surface area contributed by atoms with Crippen molar-refractivity contribution < 1.29 is 4.21 Å². The molecule has 0 saturated carbocycles. The van der Waals surface area contributed by atoms with Crippen LogP contribution >= 0.6 is 0 Å². The Balaban J connectivity index is 2.54. The van der Waals surface area contributed by atoms with Gasteiger partial charge in [-0.15, -0.1) is 6.58 Å². The van der Waals surface area contributed by atoms with Crippen molar-refractivity contribution in [1.82, 2.24) is 0 Å². The molecule has 88 valence electrons. The van der Waals surface area contributed by atoms with Crippen LogP contribution in [0.25, 0.3) is 0 Å². The van der Waals surface area contributed by atoms with Gasteiger partial charge in [-0.2, -0.15) is 0 Å². The van der Waals surface area contributed by atoms with E-state index in [1.54, 1.807) is 6.26 Å². The molecular formula is C13H19NOS. The van der Waals surface area contributed by atoms with Crippen LogP contribution in [0.1, 0.15) is 19.8 Å². The van der Waals surface area contributed by atoms with Crippen LogP contribution in [0.2, 0.25) is 0 Å². The Morgan fingerprint density at radius 3 is 2.56 bits per heavy atom. The van der Waals surface area contributed by atoms with Gasteiger partial charge in [-0.25, -0.2) is 0 Å². The van der Waals surface area contributed by atoms with E-state index in [4.69, 9.17) is 0 Å². The maximum absolute atomic E-state index is 11.2. The van der Waals surface area contributed by atoms with Crippen molar-refractivity contribution in [3.63, 3.8) is 0 Å². The maximum Gasteiger partial charge on any atom is 0.0498 e. The molecule has 16 heavy (non-hydrogen) atoms. The lowest BCUT2D eigenvalue weighted by Gasteiger charge is -2.14. The molecule has 3 heteroatoms. The van der Waals surface area contributed by atoms with Gasteiger partial charge in [0.25, 0.3) is 0 Å². The molecule has 0 aliphatic rings. The summed E-state index contributed by atoms with van der Waals surface area (Å²) >= 11 is 0. The molecule has 0 saturated heterocycles. The standard InChI is InChI=1S/C13H19NOS/c1-4-5-6-11(2)14-12-7-9-13(10-8-12)16(3)15/h4,7-11,14H,1,5-6H2,2-3H3. The summed E-state index contributed by atoms with van der Waals surface area (Å²) in [6.45, 7) is 5.86. The Labute approximate surface area is 100 Å². The number of rotatable bonds is 6. The van der Waals surface area contributed by atoms with E-state index < -0.39 is 10.8 Å². The summed E-state index contributed by atoms with van der Waals surface area (Å²) in [4.78, 5) is 0.865. The van der Waals surface area contributed by atoms with Crippen molar-refractivity contribution in [2.75, 3.05) is 11.6 Å². The van der Waals surface area contributed by atoms with Crippen molar-refractivity contribution in [3.05, 3.63) is 36.9 Å². The van der Waals surface area contributed by atoms with E-state index in [1.165, 1.54) is 0 Å². The van der Waals surface area contributed by atoms with Gasteiger partial charge >= 0.3 is 0 Å². The van der Waals surface area contributed by atoms with E-state index >= 15 is 0 Å². The van der Waals surface area contributed by atoms with Crippen LogP contribution in [0, 0.1) is 0 Å². The molecule has 0 aromatic heterocycles. The Kier molecular flexibility index (Phi) is 5.26. The van der Waals surface area contributed by atoms with Gasteiger partial charge in [0, 0.05) is 33.7 Å². The molecular weight excluding hydrogens is 218 g/mol. The summed E-state index contributed by atoms with van der Waals surface area (Å²) < 4.78 is 11.2. The highest BCUT2D eigenvalue weighted by Crippen LogP contribution is 2.14. The first kappa shape index (κ1) is 13.0. The van der Waals surface area contributed by atoms with E-state index in [2.05, 4.69) is 18.8 Å². The molecule has 0 aliphatic heterocycles. The van der Waals surface area contributed by atoms with Crippen LogP contribution in [0.15, 0.2) is 41.8 Å². The molecule has 0 spiro atoms. The van der Waals surface area contributed by atoms with E-state index in [-0.39, 0.29) is 0 Å². The van der Waals surface area contributed by atoms with Gasteiger partial charge in [-0.05, 0) is 44.0 Å². The molecule has 0 fully saturated rings. The van der Waals surface area contributed by atoms with Gasteiger partial charge in [0.1, 0.15) is 0 Å². The minimum absolute atomic E-state index is 0.427. The third kappa shape index (κ3) is 4.19. The summed E-state index contributed by atoms with van der Waals surface area (Å²) in [5, 5.41) is 3.40. The van der Waals surface area contributed by atoms with Crippen molar-refractivity contribution in [1.29, 1.82) is 0 Å².